The van der Waals surface area contributed by atoms with Crippen LogP contribution in [-0.4, -0.2) is 22.5 Å². The SMILES string of the molecule is CCNCC1(Cc2cn3ccsc3n2)CCCC1. The first-order chi connectivity index (χ1) is 8.81. The normalized spacial score (nSPS) is 18.7. The molecule has 0 aliphatic heterocycles. The molecule has 0 amide bonds. The zero-order valence-corrected chi connectivity index (χ0v) is 11.8. The van der Waals surface area contributed by atoms with Gasteiger partial charge < -0.3 is 5.32 Å². The van der Waals surface area contributed by atoms with Gasteiger partial charge in [0.25, 0.3) is 0 Å². The van der Waals surface area contributed by atoms with E-state index in [0.717, 1.165) is 24.5 Å². The molecule has 3 rings (SSSR count). The van der Waals surface area contributed by atoms with Gasteiger partial charge in [0, 0.05) is 24.3 Å². The molecule has 0 atom stereocenters. The highest BCUT2D eigenvalue weighted by Crippen LogP contribution is 2.40. The van der Waals surface area contributed by atoms with Gasteiger partial charge in [-0.05, 0) is 31.2 Å². The zero-order chi connectivity index (χ0) is 12.4. The fraction of sp³-hybridized carbons (Fsp3) is 0.643. The minimum atomic E-state index is 0.458. The van der Waals surface area contributed by atoms with Crippen molar-refractivity contribution in [3.8, 4) is 0 Å². The highest BCUT2D eigenvalue weighted by atomic mass is 32.1. The largest absolute Gasteiger partial charge is 0.316 e. The molecule has 0 bridgehead atoms. The molecule has 1 saturated carbocycles. The number of hydrogen-bond acceptors (Lipinski definition) is 3. The van der Waals surface area contributed by atoms with Crippen molar-refractivity contribution in [2.45, 2.75) is 39.0 Å². The summed E-state index contributed by atoms with van der Waals surface area (Å²) in [4.78, 5) is 5.87. The van der Waals surface area contributed by atoms with Crippen molar-refractivity contribution in [3.63, 3.8) is 0 Å². The summed E-state index contributed by atoms with van der Waals surface area (Å²) in [6.07, 6.45) is 10.9. The molecule has 0 unspecified atom stereocenters. The molecule has 1 aliphatic carbocycles. The van der Waals surface area contributed by atoms with E-state index in [1.165, 1.54) is 31.4 Å². The second-order valence-corrected chi connectivity index (χ2v) is 6.36. The fourth-order valence-electron chi connectivity index (χ4n) is 3.18. The molecular weight excluding hydrogens is 242 g/mol. The number of imidazole rings is 1. The monoisotopic (exact) mass is 263 g/mol. The van der Waals surface area contributed by atoms with E-state index in [1.54, 1.807) is 11.3 Å². The predicted molar refractivity (Wildman–Crippen MR) is 76.2 cm³/mol. The van der Waals surface area contributed by atoms with Gasteiger partial charge in [0.1, 0.15) is 0 Å². The molecule has 1 fully saturated rings. The Balaban J connectivity index is 1.77. The van der Waals surface area contributed by atoms with Crippen LogP contribution in [0.25, 0.3) is 4.96 Å². The summed E-state index contributed by atoms with van der Waals surface area (Å²) in [7, 11) is 0. The van der Waals surface area contributed by atoms with Gasteiger partial charge in [-0.15, -0.1) is 11.3 Å². The first kappa shape index (κ1) is 12.2. The Hall–Kier alpha value is -0.870. The molecule has 98 valence electrons. The molecule has 4 heteroatoms. The van der Waals surface area contributed by atoms with E-state index in [9.17, 15) is 0 Å². The van der Waals surface area contributed by atoms with Gasteiger partial charge >= 0.3 is 0 Å². The maximum absolute atomic E-state index is 4.74. The molecule has 3 nitrogen and oxygen atoms in total. The lowest BCUT2D eigenvalue weighted by Crippen LogP contribution is -2.34. The van der Waals surface area contributed by atoms with Gasteiger partial charge in [-0.1, -0.05) is 19.8 Å². The van der Waals surface area contributed by atoms with Crippen molar-refractivity contribution in [3.05, 3.63) is 23.5 Å². The van der Waals surface area contributed by atoms with Crippen molar-refractivity contribution < 1.29 is 0 Å². The molecule has 18 heavy (non-hydrogen) atoms. The van der Waals surface area contributed by atoms with E-state index in [1.807, 2.05) is 0 Å². The number of aromatic nitrogens is 2. The molecule has 0 aromatic carbocycles. The lowest BCUT2D eigenvalue weighted by molar-refractivity contribution is 0.278. The average Bonchev–Trinajstić information content (AvgIpc) is 3.03. The Morgan fingerprint density at radius 1 is 1.44 bits per heavy atom. The van der Waals surface area contributed by atoms with Crippen LogP contribution in [0.15, 0.2) is 17.8 Å². The maximum Gasteiger partial charge on any atom is 0.193 e. The number of hydrogen-bond donors (Lipinski definition) is 1. The molecule has 0 spiro atoms. The summed E-state index contributed by atoms with van der Waals surface area (Å²) in [6.45, 7) is 4.41. The molecule has 1 N–H and O–H groups in total. The van der Waals surface area contributed by atoms with E-state index in [2.05, 4.69) is 34.4 Å². The van der Waals surface area contributed by atoms with Crippen LogP contribution in [0.1, 0.15) is 38.3 Å². The van der Waals surface area contributed by atoms with Crippen molar-refractivity contribution in [2.24, 2.45) is 5.41 Å². The van der Waals surface area contributed by atoms with Crippen molar-refractivity contribution >= 4 is 16.3 Å². The Morgan fingerprint density at radius 3 is 3.00 bits per heavy atom. The van der Waals surface area contributed by atoms with Crippen LogP contribution in [0, 0.1) is 5.41 Å². The summed E-state index contributed by atoms with van der Waals surface area (Å²) < 4.78 is 2.15. The minimum Gasteiger partial charge on any atom is -0.316 e. The van der Waals surface area contributed by atoms with Gasteiger partial charge in [-0.25, -0.2) is 4.98 Å². The van der Waals surface area contributed by atoms with Crippen LogP contribution in [-0.2, 0) is 6.42 Å². The third-order valence-electron chi connectivity index (χ3n) is 4.11. The predicted octanol–water partition coefficient (Wildman–Crippen LogP) is 3.11. The van der Waals surface area contributed by atoms with Crippen LogP contribution in [0.2, 0.25) is 0 Å². The molecular formula is C14H21N3S. The number of fused-ring (bicyclic) bond motifs is 1. The molecule has 2 aromatic heterocycles. The van der Waals surface area contributed by atoms with Crippen LogP contribution in [0.5, 0.6) is 0 Å². The Bertz CT molecular complexity index is 479. The van der Waals surface area contributed by atoms with Gasteiger partial charge in [0.05, 0.1) is 5.69 Å². The van der Waals surface area contributed by atoms with Crippen LogP contribution < -0.4 is 5.32 Å². The zero-order valence-electron chi connectivity index (χ0n) is 11.0. The topological polar surface area (TPSA) is 29.3 Å². The Morgan fingerprint density at radius 2 is 2.28 bits per heavy atom. The Labute approximate surface area is 112 Å². The highest BCUT2D eigenvalue weighted by molar-refractivity contribution is 7.15. The first-order valence-electron chi connectivity index (χ1n) is 6.93. The van der Waals surface area contributed by atoms with Gasteiger partial charge in [0.15, 0.2) is 4.96 Å². The summed E-state index contributed by atoms with van der Waals surface area (Å²) in [5.74, 6) is 0. The maximum atomic E-state index is 4.74. The highest BCUT2D eigenvalue weighted by Gasteiger charge is 2.34. The lowest BCUT2D eigenvalue weighted by Gasteiger charge is -2.28. The average molecular weight is 263 g/mol. The van der Waals surface area contributed by atoms with E-state index in [4.69, 9.17) is 4.98 Å². The van der Waals surface area contributed by atoms with Crippen molar-refractivity contribution in [2.75, 3.05) is 13.1 Å². The third kappa shape index (κ3) is 2.31. The number of thiazole rings is 1. The van der Waals surface area contributed by atoms with Gasteiger partial charge in [-0.3, -0.25) is 4.40 Å². The molecule has 1 aliphatic rings. The molecule has 0 saturated heterocycles. The van der Waals surface area contributed by atoms with Crippen molar-refractivity contribution in [1.82, 2.24) is 14.7 Å². The van der Waals surface area contributed by atoms with Gasteiger partial charge in [0.2, 0.25) is 0 Å². The summed E-state index contributed by atoms with van der Waals surface area (Å²) in [5, 5.41) is 5.64. The van der Waals surface area contributed by atoms with Gasteiger partial charge in [-0.2, -0.15) is 0 Å². The standard InChI is InChI=1S/C14H21N3S/c1-2-15-11-14(5-3-4-6-14)9-12-10-17-7-8-18-13(17)16-12/h7-8,10,15H,2-6,9,11H2,1H3. The fourth-order valence-corrected chi connectivity index (χ4v) is 3.90. The number of rotatable bonds is 5. The van der Waals surface area contributed by atoms with Crippen LogP contribution in [0.3, 0.4) is 0 Å². The second-order valence-electron chi connectivity index (χ2n) is 5.49. The minimum absolute atomic E-state index is 0.458. The molecule has 2 heterocycles. The number of nitrogens with zero attached hydrogens (tertiary/aromatic N) is 2. The quantitative estimate of drug-likeness (QED) is 0.898. The summed E-state index contributed by atoms with van der Waals surface area (Å²) >= 11 is 1.72. The molecule has 2 aromatic rings. The smallest absolute Gasteiger partial charge is 0.193 e. The Kier molecular flexibility index (Phi) is 3.39. The molecule has 0 radical (unpaired) electrons. The van der Waals surface area contributed by atoms with E-state index in [-0.39, 0.29) is 0 Å². The van der Waals surface area contributed by atoms with Crippen LogP contribution >= 0.6 is 11.3 Å². The lowest BCUT2D eigenvalue weighted by atomic mass is 9.81. The van der Waals surface area contributed by atoms with E-state index < -0.39 is 0 Å². The second kappa shape index (κ2) is 5.02. The van der Waals surface area contributed by atoms with Crippen LogP contribution in [0.4, 0.5) is 0 Å². The first-order valence-corrected chi connectivity index (χ1v) is 7.81. The number of nitrogens with one attached hydrogen (secondary N) is 1. The third-order valence-corrected chi connectivity index (χ3v) is 4.88. The van der Waals surface area contributed by atoms with Crippen molar-refractivity contribution in [1.29, 1.82) is 0 Å². The summed E-state index contributed by atoms with van der Waals surface area (Å²) in [6, 6.07) is 0. The summed E-state index contributed by atoms with van der Waals surface area (Å²) in [5.41, 5.74) is 1.72. The van der Waals surface area contributed by atoms with E-state index in [0.29, 0.717) is 5.41 Å². The van der Waals surface area contributed by atoms with E-state index >= 15 is 0 Å².